The first kappa shape index (κ1) is 18.8. The van der Waals surface area contributed by atoms with Crippen LogP contribution in [0.5, 0.6) is 0 Å². The van der Waals surface area contributed by atoms with Crippen LogP contribution in [0.1, 0.15) is 29.5 Å². The van der Waals surface area contributed by atoms with Crippen molar-refractivity contribution in [2.45, 2.75) is 25.4 Å². The first-order valence-corrected chi connectivity index (χ1v) is 9.08. The van der Waals surface area contributed by atoms with Crippen LogP contribution in [-0.4, -0.2) is 29.9 Å². The van der Waals surface area contributed by atoms with Gasteiger partial charge < -0.3 is 5.32 Å². The predicted octanol–water partition coefficient (Wildman–Crippen LogP) is 3.49. The van der Waals surface area contributed by atoms with Gasteiger partial charge in [-0.15, -0.1) is 0 Å². The summed E-state index contributed by atoms with van der Waals surface area (Å²) in [7, 11) is 0. The Balaban J connectivity index is 1.46. The van der Waals surface area contributed by atoms with Crippen LogP contribution >= 0.6 is 0 Å². The average molecular weight is 363 g/mol. The number of nitrogens with one attached hydrogen (secondary N) is 1. The number of hydrogen-bond acceptors (Lipinski definition) is 3. The number of hydrogen-bond donors (Lipinski definition) is 1. The third kappa shape index (κ3) is 5.50. The highest BCUT2D eigenvalue weighted by Gasteiger charge is 2.20. The minimum atomic E-state index is -0.168. The van der Waals surface area contributed by atoms with Gasteiger partial charge in [-0.2, -0.15) is 5.26 Å². The van der Waals surface area contributed by atoms with Gasteiger partial charge in [-0.25, -0.2) is 4.39 Å². The molecule has 0 bridgehead atoms. The van der Waals surface area contributed by atoms with Crippen molar-refractivity contribution < 1.29 is 9.18 Å². The van der Waals surface area contributed by atoms with E-state index in [1.54, 1.807) is 30.3 Å². The van der Waals surface area contributed by atoms with Crippen molar-refractivity contribution in [3.8, 4) is 6.07 Å². The monoisotopic (exact) mass is 363 g/mol. The van der Waals surface area contributed by atoms with Crippen LogP contribution in [0.3, 0.4) is 0 Å². The van der Waals surface area contributed by atoms with E-state index in [0.717, 1.165) is 31.5 Å². The van der Waals surface area contributed by atoms with Crippen molar-refractivity contribution in [3.05, 3.63) is 77.1 Å². The lowest BCUT2D eigenvalue weighted by atomic mass is 10.0. The van der Waals surface area contributed by atoms with Crippen LogP contribution in [0.15, 0.2) is 54.6 Å². The highest BCUT2D eigenvalue weighted by Crippen LogP contribution is 2.16. The van der Waals surface area contributed by atoms with E-state index < -0.39 is 0 Å². The zero-order valence-corrected chi connectivity index (χ0v) is 15.1. The van der Waals surface area contributed by atoms with E-state index in [2.05, 4.69) is 16.3 Å². The van der Waals surface area contributed by atoms with E-state index in [9.17, 15) is 9.18 Å². The molecular weight excluding hydrogens is 341 g/mol. The van der Waals surface area contributed by atoms with E-state index in [1.807, 2.05) is 18.2 Å². The number of benzene rings is 2. The molecule has 0 aromatic heterocycles. The van der Waals surface area contributed by atoms with Gasteiger partial charge in [0, 0.05) is 37.3 Å². The van der Waals surface area contributed by atoms with Gasteiger partial charge >= 0.3 is 0 Å². The van der Waals surface area contributed by atoms with Crippen LogP contribution in [0.4, 0.5) is 4.39 Å². The van der Waals surface area contributed by atoms with Gasteiger partial charge in [-0.05, 0) is 42.7 Å². The molecule has 138 valence electrons. The Morgan fingerprint density at radius 3 is 2.74 bits per heavy atom. The Labute approximate surface area is 158 Å². The molecular formula is C22H22FN3O. The normalized spacial score (nSPS) is 15.6. The zero-order chi connectivity index (χ0) is 19.1. The topological polar surface area (TPSA) is 56.1 Å². The first-order valence-electron chi connectivity index (χ1n) is 9.08. The molecule has 1 fully saturated rings. The summed E-state index contributed by atoms with van der Waals surface area (Å²) in [5, 5.41) is 11.9. The summed E-state index contributed by atoms with van der Waals surface area (Å²) in [6.45, 7) is 2.25. The molecule has 0 unspecified atom stereocenters. The smallest absolute Gasteiger partial charge is 0.244 e. The molecule has 1 N–H and O–H groups in total. The Morgan fingerprint density at radius 2 is 2.00 bits per heavy atom. The molecule has 0 saturated carbocycles. The number of amides is 1. The summed E-state index contributed by atoms with van der Waals surface area (Å²) < 4.78 is 13.8. The number of piperidine rings is 1. The fraction of sp³-hybridized carbons (Fsp3) is 0.273. The molecule has 3 rings (SSSR count). The quantitative estimate of drug-likeness (QED) is 0.828. The van der Waals surface area contributed by atoms with Gasteiger partial charge in [0.1, 0.15) is 5.82 Å². The third-order valence-corrected chi connectivity index (χ3v) is 4.73. The Hall–Kier alpha value is -2.97. The van der Waals surface area contributed by atoms with Crippen molar-refractivity contribution in [2.24, 2.45) is 0 Å². The van der Waals surface area contributed by atoms with E-state index >= 15 is 0 Å². The number of halogens is 1. The molecule has 0 spiro atoms. The lowest BCUT2D eigenvalue weighted by Gasteiger charge is -2.32. The minimum absolute atomic E-state index is 0.129. The number of carbonyl (C=O) groups is 1. The van der Waals surface area contributed by atoms with E-state index in [-0.39, 0.29) is 17.8 Å². The molecule has 1 saturated heterocycles. The third-order valence-electron chi connectivity index (χ3n) is 4.73. The molecule has 2 aromatic carbocycles. The maximum Gasteiger partial charge on any atom is 0.244 e. The molecule has 0 aliphatic carbocycles. The number of rotatable bonds is 5. The van der Waals surface area contributed by atoms with Crippen molar-refractivity contribution >= 4 is 12.0 Å². The summed E-state index contributed by atoms with van der Waals surface area (Å²) in [6.07, 6.45) is 4.90. The van der Waals surface area contributed by atoms with Gasteiger partial charge in [0.2, 0.25) is 5.91 Å². The van der Waals surface area contributed by atoms with Gasteiger partial charge in [0.25, 0.3) is 0 Å². The summed E-state index contributed by atoms with van der Waals surface area (Å²) in [5.74, 6) is -0.302. The van der Waals surface area contributed by atoms with E-state index in [4.69, 9.17) is 5.26 Å². The number of carbonyl (C=O) groups excluding carboxylic acids is 1. The van der Waals surface area contributed by atoms with Crippen molar-refractivity contribution in [1.29, 1.82) is 5.26 Å². The maximum atomic E-state index is 13.8. The molecule has 0 radical (unpaired) electrons. The summed E-state index contributed by atoms with van der Waals surface area (Å²) >= 11 is 0. The summed E-state index contributed by atoms with van der Waals surface area (Å²) in [6, 6.07) is 16.2. The maximum absolute atomic E-state index is 13.8. The molecule has 2 aromatic rings. The van der Waals surface area contributed by atoms with Crippen molar-refractivity contribution in [1.82, 2.24) is 10.2 Å². The molecule has 1 aliphatic rings. The number of likely N-dealkylation sites (tertiary alicyclic amines) is 1. The summed E-state index contributed by atoms with van der Waals surface area (Å²) in [4.78, 5) is 14.3. The summed E-state index contributed by atoms with van der Waals surface area (Å²) in [5.41, 5.74) is 2.10. The average Bonchev–Trinajstić information content (AvgIpc) is 2.70. The molecule has 1 amide bonds. The highest BCUT2D eigenvalue weighted by atomic mass is 19.1. The highest BCUT2D eigenvalue weighted by molar-refractivity contribution is 5.91. The fourth-order valence-corrected chi connectivity index (χ4v) is 3.24. The van der Waals surface area contributed by atoms with Crippen LogP contribution in [0.25, 0.3) is 6.08 Å². The largest absolute Gasteiger partial charge is 0.350 e. The van der Waals surface area contributed by atoms with Gasteiger partial charge in [-0.1, -0.05) is 30.3 Å². The molecule has 0 atom stereocenters. The second-order valence-corrected chi connectivity index (χ2v) is 6.72. The van der Waals surface area contributed by atoms with Crippen molar-refractivity contribution in [3.63, 3.8) is 0 Å². The van der Waals surface area contributed by atoms with Gasteiger partial charge in [0.15, 0.2) is 0 Å². The molecule has 1 heterocycles. The van der Waals surface area contributed by atoms with Crippen LogP contribution < -0.4 is 5.32 Å². The lowest BCUT2D eigenvalue weighted by Crippen LogP contribution is -2.44. The van der Waals surface area contributed by atoms with Crippen LogP contribution in [0.2, 0.25) is 0 Å². The Bertz CT molecular complexity index is 864. The Morgan fingerprint density at radius 1 is 1.22 bits per heavy atom. The van der Waals surface area contributed by atoms with Crippen LogP contribution in [0, 0.1) is 17.1 Å². The van der Waals surface area contributed by atoms with Gasteiger partial charge in [0.05, 0.1) is 11.6 Å². The lowest BCUT2D eigenvalue weighted by molar-refractivity contribution is -0.117. The minimum Gasteiger partial charge on any atom is -0.350 e. The van der Waals surface area contributed by atoms with E-state index in [1.165, 1.54) is 12.1 Å². The first-order chi connectivity index (χ1) is 13.1. The molecule has 4 nitrogen and oxygen atoms in total. The standard InChI is InChI=1S/C22H22FN3O/c23-21-7-2-1-6-19(21)16-26-12-10-20(11-13-26)25-22(27)9-8-17-4-3-5-18(14-17)15-24/h1-9,14,20H,10-13,16H2,(H,25,27)/b9-8-. The molecule has 27 heavy (non-hydrogen) atoms. The molecule has 1 aliphatic heterocycles. The number of nitrogens with zero attached hydrogens (tertiary/aromatic N) is 2. The van der Waals surface area contributed by atoms with Crippen molar-refractivity contribution in [2.75, 3.05) is 13.1 Å². The van der Waals surface area contributed by atoms with Gasteiger partial charge in [-0.3, -0.25) is 9.69 Å². The van der Waals surface area contributed by atoms with E-state index in [0.29, 0.717) is 17.7 Å². The van der Waals surface area contributed by atoms with Crippen LogP contribution in [-0.2, 0) is 11.3 Å². The predicted molar refractivity (Wildman–Crippen MR) is 103 cm³/mol. The zero-order valence-electron chi connectivity index (χ0n) is 15.1. The molecule has 5 heteroatoms. The Kier molecular flexibility index (Phi) is 6.35. The SMILES string of the molecule is N#Cc1cccc(/C=C\C(=O)NC2CCN(Cc3ccccc3F)CC2)c1. The second-order valence-electron chi connectivity index (χ2n) is 6.72. The second kappa shape index (κ2) is 9.11. The fourth-order valence-electron chi connectivity index (χ4n) is 3.24. The number of nitriles is 1.